The van der Waals surface area contributed by atoms with Crippen molar-refractivity contribution in [1.82, 2.24) is 9.80 Å². The van der Waals surface area contributed by atoms with Crippen LogP contribution in [0, 0.1) is 5.82 Å². The first-order valence-electron chi connectivity index (χ1n) is 6.68. The number of halogens is 3. The molecule has 1 saturated heterocycles. The van der Waals surface area contributed by atoms with Crippen molar-refractivity contribution in [3.05, 3.63) is 34.1 Å². The number of nitrogens with zero attached hydrogens (tertiary/aromatic N) is 2. The predicted octanol–water partition coefficient (Wildman–Crippen LogP) is 2.00. The highest BCUT2D eigenvalue weighted by atomic mass is 79.9. The maximum absolute atomic E-state index is 13.5. The van der Waals surface area contributed by atoms with Crippen LogP contribution in [-0.4, -0.2) is 47.9 Å². The zero-order chi connectivity index (χ0) is 14.7. The molecule has 1 atom stereocenters. The number of piperazine rings is 1. The third-order valence-electron chi connectivity index (χ3n) is 3.46. The third kappa shape index (κ3) is 4.92. The van der Waals surface area contributed by atoms with Crippen molar-refractivity contribution in [2.24, 2.45) is 5.73 Å². The quantitative estimate of drug-likeness (QED) is 0.872. The molecule has 0 aliphatic carbocycles. The fourth-order valence-electron chi connectivity index (χ4n) is 2.31. The largest absolute Gasteiger partial charge is 0.339 e. The summed E-state index contributed by atoms with van der Waals surface area (Å²) in [7, 11) is 0. The minimum absolute atomic E-state index is 0. The van der Waals surface area contributed by atoms with E-state index in [0.717, 1.165) is 18.7 Å². The van der Waals surface area contributed by atoms with Crippen LogP contribution in [0.4, 0.5) is 4.39 Å². The lowest BCUT2D eigenvalue weighted by atomic mass is 10.2. The van der Waals surface area contributed by atoms with Gasteiger partial charge >= 0.3 is 0 Å². The minimum Gasteiger partial charge on any atom is -0.339 e. The summed E-state index contributed by atoms with van der Waals surface area (Å²) in [6, 6.07) is 4.73. The highest BCUT2D eigenvalue weighted by Crippen LogP contribution is 2.18. The monoisotopic (exact) mass is 379 g/mol. The molecular formula is C14H20BrClFN3O. The van der Waals surface area contributed by atoms with Crippen LogP contribution in [0.2, 0.25) is 0 Å². The van der Waals surface area contributed by atoms with Crippen molar-refractivity contribution < 1.29 is 9.18 Å². The molecule has 7 heteroatoms. The molecule has 1 unspecified atom stereocenters. The van der Waals surface area contributed by atoms with E-state index in [-0.39, 0.29) is 24.1 Å². The van der Waals surface area contributed by atoms with Gasteiger partial charge in [0, 0.05) is 32.7 Å². The maximum Gasteiger partial charge on any atom is 0.239 e. The van der Waals surface area contributed by atoms with Crippen molar-refractivity contribution in [2.45, 2.75) is 19.5 Å². The van der Waals surface area contributed by atoms with Gasteiger partial charge in [-0.25, -0.2) is 4.39 Å². The molecule has 1 heterocycles. The van der Waals surface area contributed by atoms with E-state index in [4.69, 9.17) is 5.73 Å². The van der Waals surface area contributed by atoms with Gasteiger partial charge < -0.3 is 10.6 Å². The van der Waals surface area contributed by atoms with Crippen LogP contribution in [0.5, 0.6) is 0 Å². The lowest BCUT2D eigenvalue weighted by Gasteiger charge is -2.35. The Labute approximate surface area is 139 Å². The van der Waals surface area contributed by atoms with Gasteiger partial charge in [-0.2, -0.15) is 0 Å². The molecule has 21 heavy (non-hydrogen) atoms. The number of amides is 1. The summed E-state index contributed by atoms with van der Waals surface area (Å²) in [4.78, 5) is 15.8. The van der Waals surface area contributed by atoms with Gasteiger partial charge in [0.05, 0.1) is 10.5 Å². The van der Waals surface area contributed by atoms with Crippen LogP contribution in [0.25, 0.3) is 0 Å². The molecule has 0 radical (unpaired) electrons. The normalized spacial score (nSPS) is 17.2. The first kappa shape index (κ1) is 18.4. The molecule has 1 aromatic carbocycles. The molecule has 0 bridgehead atoms. The zero-order valence-electron chi connectivity index (χ0n) is 11.9. The second kappa shape index (κ2) is 8.08. The van der Waals surface area contributed by atoms with Gasteiger partial charge in [0.15, 0.2) is 0 Å². The summed E-state index contributed by atoms with van der Waals surface area (Å²) >= 11 is 3.15. The number of nitrogens with two attached hydrogens (primary N) is 1. The molecule has 1 aromatic rings. The van der Waals surface area contributed by atoms with Gasteiger partial charge in [0.25, 0.3) is 0 Å². The van der Waals surface area contributed by atoms with E-state index < -0.39 is 6.04 Å². The number of carbonyl (C=O) groups excluding carboxylic acids is 1. The molecule has 2 N–H and O–H groups in total. The number of hydrogen-bond acceptors (Lipinski definition) is 3. The van der Waals surface area contributed by atoms with Gasteiger partial charge in [-0.3, -0.25) is 9.69 Å². The van der Waals surface area contributed by atoms with E-state index in [1.54, 1.807) is 24.0 Å². The van der Waals surface area contributed by atoms with Gasteiger partial charge in [-0.05, 0) is 40.5 Å². The Morgan fingerprint density at radius 2 is 2.00 bits per heavy atom. The van der Waals surface area contributed by atoms with Crippen LogP contribution in [0.3, 0.4) is 0 Å². The smallest absolute Gasteiger partial charge is 0.239 e. The fourth-order valence-corrected chi connectivity index (χ4v) is 2.56. The highest BCUT2D eigenvalue weighted by Gasteiger charge is 2.23. The number of hydrogen-bond donors (Lipinski definition) is 1. The van der Waals surface area contributed by atoms with Gasteiger partial charge in [0.2, 0.25) is 5.91 Å². The molecule has 0 spiro atoms. The third-order valence-corrected chi connectivity index (χ3v) is 4.11. The minimum atomic E-state index is -0.442. The second-order valence-corrected chi connectivity index (χ2v) is 5.99. The Balaban J connectivity index is 0.00000220. The summed E-state index contributed by atoms with van der Waals surface area (Å²) in [6.07, 6.45) is 0. The lowest BCUT2D eigenvalue weighted by Crippen LogP contribution is -2.52. The SMILES string of the molecule is CC(N)C(=O)N1CCN(Cc2ccc(Br)c(F)c2)CC1.Cl. The van der Waals surface area contributed by atoms with Crippen LogP contribution in [0.15, 0.2) is 22.7 Å². The molecule has 1 aliphatic rings. The van der Waals surface area contributed by atoms with E-state index in [2.05, 4.69) is 20.8 Å². The molecule has 0 saturated carbocycles. The second-order valence-electron chi connectivity index (χ2n) is 5.14. The summed E-state index contributed by atoms with van der Waals surface area (Å²) < 4.78 is 13.9. The zero-order valence-corrected chi connectivity index (χ0v) is 14.3. The molecule has 4 nitrogen and oxygen atoms in total. The van der Waals surface area contributed by atoms with Crippen molar-refractivity contribution >= 4 is 34.2 Å². The van der Waals surface area contributed by atoms with E-state index in [1.165, 1.54) is 0 Å². The first-order chi connectivity index (χ1) is 9.47. The summed E-state index contributed by atoms with van der Waals surface area (Å²) in [5, 5.41) is 0. The predicted molar refractivity (Wildman–Crippen MR) is 86.9 cm³/mol. The van der Waals surface area contributed by atoms with E-state index >= 15 is 0 Å². The first-order valence-corrected chi connectivity index (χ1v) is 7.47. The Bertz CT molecular complexity index is 493. The molecule has 1 aliphatic heterocycles. The van der Waals surface area contributed by atoms with Crippen molar-refractivity contribution in [1.29, 1.82) is 0 Å². The summed E-state index contributed by atoms with van der Waals surface area (Å²) in [5.41, 5.74) is 6.55. The van der Waals surface area contributed by atoms with Gasteiger partial charge in [-0.15, -0.1) is 12.4 Å². The van der Waals surface area contributed by atoms with Crippen LogP contribution >= 0.6 is 28.3 Å². The van der Waals surface area contributed by atoms with E-state index in [0.29, 0.717) is 24.1 Å². The molecular weight excluding hydrogens is 361 g/mol. The Morgan fingerprint density at radius 1 is 1.38 bits per heavy atom. The van der Waals surface area contributed by atoms with E-state index in [1.807, 2.05) is 6.07 Å². The summed E-state index contributed by atoms with van der Waals surface area (Å²) in [6.45, 7) is 5.34. The van der Waals surface area contributed by atoms with Gasteiger partial charge in [0.1, 0.15) is 5.82 Å². The summed E-state index contributed by atoms with van der Waals surface area (Å²) in [5.74, 6) is -0.243. The number of benzene rings is 1. The maximum atomic E-state index is 13.5. The number of carbonyl (C=O) groups is 1. The average molecular weight is 381 g/mol. The standard InChI is InChI=1S/C14H19BrFN3O.ClH/c1-10(17)14(20)19-6-4-18(5-7-19)9-11-2-3-12(15)13(16)8-11;/h2-3,8,10H,4-7,9,17H2,1H3;1H. The van der Waals surface area contributed by atoms with Crippen LogP contribution in [0.1, 0.15) is 12.5 Å². The van der Waals surface area contributed by atoms with Crippen LogP contribution < -0.4 is 5.73 Å². The Kier molecular flexibility index (Phi) is 7.06. The van der Waals surface area contributed by atoms with Crippen LogP contribution in [-0.2, 0) is 11.3 Å². The Morgan fingerprint density at radius 3 is 2.52 bits per heavy atom. The van der Waals surface area contributed by atoms with Gasteiger partial charge in [-0.1, -0.05) is 6.07 Å². The fraction of sp³-hybridized carbons (Fsp3) is 0.500. The molecule has 0 aromatic heterocycles. The lowest BCUT2D eigenvalue weighted by molar-refractivity contribution is -0.134. The van der Waals surface area contributed by atoms with Crippen molar-refractivity contribution in [2.75, 3.05) is 26.2 Å². The van der Waals surface area contributed by atoms with Crippen molar-refractivity contribution in [3.8, 4) is 0 Å². The molecule has 1 fully saturated rings. The molecule has 118 valence electrons. The van der Waals surface area contributed by atoms with Crippen molar-refractivity contribution in [3.63, 3.8) is 0 Å². The number of rotatable bonds is 3. The average Bonchev–Trinajstić information content (AvgIpc) is 2.43. The van der Waals surface area contributed by atoms with E-state index in [9.17, 15) is 9.18 Å². The topological polar surface area (TPSA) is 49.6 Å². The Hall–Kier alpha value is -0.690. The highest BCUT2D eigenvalue weighted by molar-refractivity contribution is 9.10. The molecule has 1 amide bonds. The molecule has 2 rings (SSSR count).